The van der Waals surface area contributed by atoms with E-state index in [2.05, 4.69) is 11.0 Å². The Labute approximate surface area is 253 Å². The maximum Gasteiger partial charge on any atom is 0.352 e. The van der Waals surface area contributed by atoms with Crippen molar-refractivity contribution in [3.05, 3.63) is 47.2 Å². The molecule has 3 N–H and O–H groups in total. The summed E-state index contributed by atoms with van der Waals surface area (Å²) >= 11 is 0. The monoisotopic (exact) mass is 615 g/mol. The zero-order valence-electron chi connectivity index (χ0n) is 24.4. The topological polar surface area (TPSA) is 163 Å². The Kier molecular flexibility index (Phi) is 7.58. The van der Waals surface area contributed by atoms with Crippen LogP contribution >= 0.6 is 0 Å². The lowest BCUT2D eigenvalue weighted by molar-refractivity contribution is -0.210. The number of benzene rings is 1. The number of esters is 2. The van der Waals surface area contributed by atoms with Crippen molar-refractivity contribution < 1.29 is 58.1 Å². The Bertz CT molecular complexity index is 1370. The van der Waals surface area contributed by atoms with Gasteiger partial charge in [0.15, 0.2) is 23.9 Å². The van der Waals surface area contributed by atoms with E-state index in [4.69, 9.17) is 33.2 Å². The standard InChI is InChI=1S/C31H37NO12/c1-38-21-13-30-6-4-8-32(30)9-5-17-11-19-20(41-16-40-19)12-18(17)24(30)27(21)43-29(37)31(14-23(34)44-31)7-2-3-10-39-28-26(36)25(35)22(15-33)42-28/h2-3,11-13,22,24-28,33,35-36H,4-10,14-16H2,1H3/b3-2+/t22?,24-,25?,26?,27-,28?,30+,31+/m1/s1. The second kappa shape index (κ2) is 11.3. The molecule has 1 aromatic carbocycles. The lowest BCUT2D eigenvalue weighted by atomic mass is 9.77. The molecule has 0 bridgehead atoms. The van der Waals surface area contributed by atoms with Crippen molar-refractivity contribution in [1.29, 1.82) is 0 Å². The second-order valence-electron chi connectivity index (χ2n) is 12.2. The fraction of sp³-hybridized carbons (Fsp3) is 0.613. The Morgan fingerprint density at radius 3 is 2.68 bits per heavy atom. The van der Waals surface area contributed by atoms with E-state index >= 15 is 0 Å². The molecule has 0 amide bonds. The van der Waals surface area contributed by atoms with Gasteiger partial charge in [-0.05, 0) is 55.1 Å². The lowest BCUT2D eigenvalue weighted by Crippen LogP contribution is -2.56. The minimum atomic E-state index is -1.50. The van der Waals surface area contributed by atoms with E-state index < -0.39 is 60.4 Å². The van der Waals surface area contributed by atoms with Crippen LogP contribution in [-0.4, -0.2) is 114 Å². The molecule has 1 spiro atoms. The number of ether oxygens (including phenoxy) is 7. The fourth-order valence-electron chi connectivity index (χ4n) is 7.57. The number of methoxy groups -OCH3 is 1. The van der Waals surface area contributed by atoms with Gasteiger partial charge in [0.25, 0.3) is 0 Å². The zero-order valence-corrected chi connectivity index (χ0v) is 24.4. The van der Waals surface area contributed by atoms with E-state index in [9.17, 15) is 24.9 Å². The molecule has 0 radical (unpaired) electrons. The highest BCUT2D eigenvalue weighted by atomic mass is 16.7. The minimum absolute atomic E-state index is 0.0157. The quantitative estimate of drug-likeness (QED) is 0.259. The molecule has 238 valence electrons. The first-order valence-corrected chi connectivity index (χ1v) is 15.0. The Morgan fingerprint density at radius 1 is 1.16 bits per heavy atom. The van der Waals surface area contributed by atoms with Gasteiger partial charge < -0.3 is 48.5 Å². The maximum atomic E-state index is 13.9. The van der Waals surface area contributed by atoms with Crippen LogP contribution in [0.1, 0.15) is 42.7 Å². The predicted molar refractivity (Wildman–Crippen MR) is 148 cm³/mol. The highest BCUT2D eigenvalue weighted by molar-refractivity contribution is 5.94. The number of carbonyl (C=O) groups excluding carboxylic acids is 2. The van der Waals surface area contributed by atoms with Crippen molar-refractivity contribution in [1.82, 2.24) is 4.90 Å². The SMILES string of the molecule is COC1=C[C@]23CCCN2CCc2cc4c(cc2[C@@H]3[C@@H]1OC(=O)[C@]1(C/C=C/COC2OC(CO)C(O)C2O)CC(=O)O1)OCO4. The summed E-state index contributed by atoms with van der Waals surface area (Å²) in [5, 5.41) is 29.2. The summed E-state index contributed by atoms with van der Waals surface area (Å²) in [5.41, 5.74) is 0.246. The van der Waals surface area contributed by atoms with Gasteiger partial charge in [-0.25, -0.2) is 4.79 Å². The molecule has 1 aliphatic carbocycles. The molecule has 0 saturated carbocycles. The van der Waals surface area contributed by atoms with E-state index in [0.717, 1.165) is 43.5 Å². The molecule has 3 fully saturated rings. The van der Waals surface area contributed by atoms with Gasteiger partial charge in [0.1, 0.15) is 24.1 Å². The molecule has 8 atom stereocenters. The molecule has 1 aromatic rings. The molecule has 5 aliphatic heterocycles. The van der Waals surface area contributed by atoms with Crippen molar-refractivity contribution in [3.63, 3.8) is 0 Å². The number of fused-ring (bicyclic) bond motifs is 3. The zero-order chi connectivity index (χ0) is 30.6. The van der Waals surface area contributed by atoms with E-state index in [1.54, 1.807) is 19.3 Å². The van der Waals surface area contributed by atoms with Crippen molar-refractivity contribution in [2.45, 2.75) is 79.9 Å². The summed E-state index contributed by atoms with van der Waals surface area (Å²) in [7, 11) is 1.57. The van der Waals surface area contributed by atoms with Gasteiger partial charge in [0.2, 0.25) is 12.4 Å². The number of aliphatic hydroxyl groups excluding tert-OH is 3. The fourth-order valence-corrected chi connectivity index (χ4v) is 7.57. The Hall–Kier alpha value is -3.20. The highest BCUT2D eigenvalue weighted by Crippen LogP contribution is 2.56. The van der Waals surface area contributed by atoms with Gasteiger partial charge in [0, 0.05) is 13.0 Å². The molecular formula is C31H37NO12. The van der Waals surface area contributed by atoms with Gasteiger partial charge in [-0.1, -0.05) is 12.2 Å². The van der Waals surface area contributed by atoms with E-state index in [1.165, 1.54) is 0 Å². The highest BCUT2D eigenvalue weighted by Gasteiger charge is 2.60. The number of aliphatic hydroxyl groups is 3. The maximum absolute atomic E-state index is 13.9. The van der Waals surface area contributed by atoms with Crippen LogP contribution in [0.3, 0.4) is 0 Å². The first kappa shape index (κ1) is 29.5. The largest absolute Gasteiger partial charge is 0.497 e. The molecule has 44 heavy (non-hydrogen) atoms. The third-order valence-corrected chi connectivity index (χ3v) is 9.78. The summed E-state index contributed by atoms with van der Waals surface area (Å²) in [4.78, 5) is 28.3. The van der Waals surface area contributed by atoms with Crippen LogP contribution in [0.15, 0.2) is 36.1 Å². The smallest absolute Gasteiger partial charge is 0.352 e. The van der Waals surface area contributed by atoms with Crippen molar-refractivity contribution in [2.75, 3.05) is 40.2 Å². The third kappa shape index (κ3) is 4.68. The number of rotatable bonds is 9. The summed E-state index contributed by atoms with van der Waals surface area (Å²) in [6.45, 7) is 1.45. The summed E-state index contributed by atoms with van der Waals surface area (Å²) in [6.07, 6.45) is 2.58. The molecule has 13 heteroatoms. The average Bonchev–Trinajstić information content (AvgIpc) is 3.75. The van der Waals surface area contributed by atoms with Crippen LogP contribution in [0.4, 0.5) is 0 Å². The van der Waals surface area contributed by atoms with Crippen LogP contribution in [0.5, 0.6) is 11.5 Å². The van der Waals surface area contributed by atoms with Crippen LogP contribution in [0.2, 0.25) is 0 Å². The summed E-state index contributed by atoms with van der Waals surface area (Å²) in [6, 6.07) is 4.04. The summed E-state index contributed by atoms with van der Waals surface area (Å²) in [5.74, 6) is 0.508. The predicted octanol–water partition coefficient (Wildman–Crippen LogP) is 0.433. The van der Waals surface area contributed by atoms with E-state index in [1.807, 2.05) is 12.1 Å². The number of carbonyl (C=O) groups is 2. The van der Waals surface area contributed by atoms with Crippen LogP contribution < -0.4 is 9.47 Å². The van der Waals surface area contributed by atoms with Gasteiger partial charge in [-0.15, -0.1) is 0 Å². The van der Waals surface area contributed by atoms with Gasteiger partial charge in [-0.3, -0.25) is 9.69 Å². The molecule has 4 unspecified atom stereocenters. The molecule has 0 aromatic heterocycles. The number of hydrogen-bond acceptors (Lipinski definition) is 13. The van der Waals surface area contributed by atoms with Crippen molar-refractivity contribution in [2.24, 2.45) is 0 Å². The Morgan fingerprint density at radius 2 is 1.95 bits per heavy atom. The van der Waals surface area contributed by atoms with Gasteiger partial charge in [0.05, 0.1) is 38.2 Å². The summed E-state index contributed by atoms with van der Waals surface area (Å²) < 4.78 is 39.7. The van der Waals surface area contributed by atoms with E-state index in [-0.39, 0.29) is 32.2 Å². The van der Waals surface area contributed by atoms with E-state index in [0.29, 0.717) is 17.3 Å². The molecule has 6 aliphatic rings. The van der Waals surface area contributed by atoms with Gasteiger partial charge in [-0.2, -0.15) is 0 Å². The second-order valence-corrected chi connectivity index (χ2v) is 12.2. The molecule has 13 nitrogen and oxygen atoms in total. The average molecular weight is 616 g/mol. The van der Waals surface area contributed by atoms with Crippen LogP contribution in [0.25, 0.3) is 0 Å². The normalized spacial score (nSPS) is 37.1. The number of hydrogen-bond donors (Lipinski definition) is 3. The van der Waals surface area contributed by atoms with Crippen molar-refractivity contribution >= 4 is 11.9 Å². The number of nitrogens with zero attached hydrogens (tertiary/aromatic N) is 1. The minimum Gasteiger partial charge on any atom is -0.497 e. The van der Waals surface area contributed by atoms with Crippen LogP contribution in [0, 0.1) is 0 Å². The molecule has 7 rings (SSSR count). The Balaban J connectivity index is 1.10. The van der Waals surface area contributed by atoms with Crippen LogP contribution in [-0.2, 0) is 39.7 Å². The first-order chi connectivity index (χ1) is 21.3. The number of cyclic esters (lactones) is 1. The van der Waals surface area contributed by atoms with Crippen molar-refractivity contribution in [3.8, 4) is 11.5 Å². The first-order valence-electron chi connectivity index (χ1n) is 15.0. The molecular weight excluding hydrogens is 578 g/mol. The molecule has 3 saturated heterocycles. The lowest BCUT2D eigenvalue weighted by Gasteiger charge is -2.41. The molecule has 5 heterocycles. The third-order valence-electron chi connectivity index (χ3n) is 9.78. The van der Waals surface area contributed by atoms with Gasteiger partial charge >= 0.3 is 11.9 Å².